The minimum Gasteiger partial charge on any atom is -0.381 e. The van der Waals surface area contributed by atoms with Gasteiger partial charge in [0, 0.05) is 51.4 Å². The van der Waals surface area contributed by atoms with E-state index in [1.165, 1.54) is 19.5 Å². The molecule has 5 heteroatoms. The fourth-order valence-corrected chi connectivity index (χ4v) is 3.92. The van der Waals surface area contributed by atoms with E-state index in [4.69, 9.17) is 15.2 Å². The summed E-state index contributed by atoms with van der Waals surface area (Å²) in [6.07, 6.45) is 3.91. The minimum atomic E-state index is 0.224. The Morgan fingerprint density at radius 1 is 1.26 bits per heavy atom. The molecule has 0 bridgehead atoms. The fraction of sp³-hybridized carbons (Fsp3) is 1.00. The van der Waals surface area contributed by atoms with Gasteiger partial charge in [0.25, 0.3) is 0 Å². The summed E-state index contributed by atoms with van der Waals surface area (Å²) in [5, 5.41) is 0. The Bertz CT molecular complexity index is 301. The Labute approximate surface area is 116 Å². The van der Waals surface area contributed by atoms with E-state index in [-0.39, 0.29) is 5.54 Å². The van der Waals surface area contributed by atoms with Crippen LogP contribution >= 0.6 is 0 Å². The highest BCUT2D eigenvalue weighted by atomic mass is 16.5. The maximum Gasteiger partial charge on any atom is 0.0607 e. The molecule has 0 amide bonds. The van der Waals surface area contributed by atoms with E-state index in [0.29, 0.717) is 12.1 Å². The van der Waals surface area contributed by atoms with Crippen LogP contribution in [0.25, 0.3) is 0 Å². The van der Waals surface area contributed by atoms with Crippen LogP contribution in [0.1, 0.15) is 19.3 Å². The van der Waals surface area contributed by atoms with Crippen molar-refractivity contribution in [2.24, 2.45) is 5.73 Å². The Balaban J connectivity index is 1.56. The molecule has 3 rings (SSSR count). The number of hydrogen-bond acceptors (Lipinski definition) is 5. The zero-order valence-electron chi connectivity index (χ0n) is 12.0. The summed E-state index contributed by atoms with van der Waals surface area (Å²) in [6.45, 7) is 7.10. The first-order valence-electron chi connectivity index (χ1n) is 7.57. The molecule has 5 nitrogen and oxygen atoms in total. The first-order chi connectivity index (χ1) is 9.27. The van der Waals surface area contributed by atoms with E-state index >= 15 is 0 Å². The van der Waals surface area contributed by atoms with Crippen LogP contribution in [0.4, 0.5) is 0 Å². The van der Waals surface area contributed by atoms with Crippen molar-refractivity contribution in [1.82, 2.24) is 9.80 Å². The largest absolute Gasteiger partial charge is 0.381 e. The Kier molecular flexibility index (Phi) is 4.10. The number of morpholine rings is 1. The molecule has 2 aliphatic heterocycles. The summed E-state index contributed by atoms with van der Waals surface area (Å²) >= 11 is 0. The molecule has 1 saturated carbocycles. The van der Waals surface area contributed by atoms with Gasteiger partial charge < -0.3 is 15.2 Å². The molecule has 0 radical (unpaired) electrons. The van der Waals surface area contributed by atoms with Crippen molar-refractivity contribution < 1.29 is 9.47 Å². The van der Waals surface area contributed by atoms with Crippen molar-refractivity contribution >= 4 is 0 Å². The summed E-state index contributed by atoms with van der Waals surface area (Å²) < 4.78 is 10.9. The van der Waals surface area contributed by atoms with E-state index in [9.17, 15) is 0 Å². The molecule has 0 aromatic carbocycles. The van der Waals surface area contributed by atoms with Crippen LogP contribution < -0.4 is 5.73 Å². The molecule has 2 heterocycles. The standard InChI is InChI=1S/C14H27N3O2/c1-18-13-8-14(9-13,11-15)17-3-2-12(10-17)16-4-6-19-7-5-16/h12-13H,2-11,15H2,1H3. The van der Waals surface area contributed by atoms with Crippen LogP contribution in [-0.4, -0.2) is 80.5 Å². The van der Waals surface area contributed by atoms with Crippen molar-refractivity contribution in [2.75, 3.05) is 53.0 Å². The molecule has 0 spiro atoms. The molecular weight excluding hydrogens is 242 g/mol. The lowest BCUT2D eigenvalue weighted by Gasteiger charge is -2.52. The molecule has 3 aliphatic rings. The molecule has 1 unspecified atom stereocenters. The van der Waals surface area contributed by atoms with Gasteiger partial charge in [0.1, 0.15) is 0 Å². The highest BCUT2D eigenvalue weighted by molar-refractivity contribution is 5.07. The lowest BCUT2D eigenvalue weighted by molar-refractivity contribution is -0.0821. The highest BCUT2D eigenvalue weighted by Crippen LogP contribution is 2.41. The van der Waals surface area contributed by atoms with E-state index in [1.54, 1.807) is 0 Å². The number of nitrogens with zero attached hydrogens (tertiary/aromatic N) is 2. The summed E-state index contributed by atoms with van der Waals surface area (Å²) in [7, 11) is 1.81. The molecular formula is C14H27N3O2. The maximum atomic E-state index is 6.06. The van der Waals surface area contributed by atoms with Crippen LogP contribution in [0.3, 0.4) is 0 Å². The number of rotatable bonds is 4. The van der Waals surface area contributed by atoms with Crippen molar-refractivity contribution in [3.05, 3.63) is 0 Å². The fourth-order valence-electron chi connectivity index (χ4n) is 3.92. The van der Waals surface area contributed by atoms with Crippen LogP contribution in [-0.2, 0) is 9.47 Å². The molecule has 0 aromatic rings. The van der Waals surface area contributed by atoms with Gasteiger partial charge in [0.15, 0.2) is 0 Å². The number of ether oxygens (including phenoxy) is 2. The lowest BCUT2D eigenvalue weighted by atomic mass is 9.73. The second kappa shape index (κ2) is 5.66. The Morgan fingerprint density at radius 3 is 2.63 bits per heavy atom. The van der Waals surface area contributed by atoms with Crippen LogP contribution in [0, 0.1) is 0 Å². The van der Waals surface area contributed by atoms with Gasteiger partial charge in [-0.3, -0.25) is 9.80 Å². The third-order valence-corrected chi connectivity index (χ3v) is 5.32. The van der Waals surface area contributed by atoms with Gasteiger partial charge in [-0.05, 0) is 19.3 Å². The van der Waals surface area contributed by atoms with Crippen LogP contribution in [0.5, 0.6) is 0 Å². The molecule has 1 aliphatic carbocycles. The van der Waals surface area contributed by atoms with E-state index in [2.05, 4.69) is 9.80 Å². The van der Waals surface area contributed by atoms with E-state index in [1.807, 2.05) is 7.11 Å². The number of nitrogens with two attached hydrogens (primary N) is 1. The van der Waals surface area contributed by atoms with Crippen LogP contribution in [0.2, 0.25) is 0 Å². The number of methoxy groups -OCH3 is 1. The first-order valence-corrected chi connectivity index (χ1v) is 7.57. The zero-order chi connectivity index (χ0) is 13.3. The number of likely N-dealkylation sites (tertiary alicyclic amines) is 1. The third-order valence-electron chi connectivity index (χ3n) is 5.32. The molecule has 19 heavy (non-hydrogen) atoms. The smallest absolute Gasteiger partial charge is 0.0607 e. The molecule has 2 N–H and O–H groups in total. The quantitative estimate of drug-likeness (QED) is 0.772. The average molecular weight is 269 g/mol. The van der Waals surface area contributed by atoms with Crippen LogP contribution in [0.15, 0.2) is 0 Å². The predicted molar refractivity (Wildman–Crippen MR) is 74.2 cm³/mol. The summed E-state index contributed by atoms with van der Waals surface area (Å²) in [5.74, 6) is 0. The SMILES string of the molecule is COC1CC(CN)(N2CCC(N3CCOCC3)C2)C1. The lowest BCUT2D eigenvalue weighted by Crippen LogP contribution is -2.63. The predicted octanol–water partition coefficient (Wildman–Crippen LogP) is -0.101. The van der Waals surface area contributed by atoms with Gasteiger partial charge in [-0.2, -0.15) is 0 Å². The van der Waals surface area contributed by atoms with Gasteiger partial charge in [-0.25, -0.2) is 0 Å². The van der Waals surface area contributed by atoms with Gasteiger partial charge in [-0.1, -0.05) is 0 Å². The van der Waals surface area contributed by atoms with E-state index < -0.39 is 0 Å². The van der Waals surface area contributed by atoms with E-state index in [0.717, 1.165) is 45.7 Å². The van der Waals surface area contributed by atoms with Crippen molar-refractivity contribution in [2.45, 2.75) is 36.9 Å². The molecule has 2 saturated heterocycles. The first kappa shape index (κ1) is 13.8. The van der Waals surface area contributed by atoms with Crippen molar-refractivity contribution in [1.29, 1.82) is 0 Å². The monoisotopic (exact) mass is 269 g/mol. The number of hydrogen-bond donors (Lipinski definition) is 1. The third kappa shape index (κ3) is 2.54. The van der Waals surface area contributed by atoms with Gasteiger partial charge in [0.05, 0.1) is 19.3 Å². The second-order valence-corrected chi connectivity index (χ2v) is 6.23. The summed E-state index contributed by atoms with van der Waals surface area (Å²) in [5.41, 5.74) is 6.28. The minimum absolute atomic E-state index is 0.224. The molecule has 1 atom stereocenters. The van der Waals surface area contributed by atoms with Crippen molar-refractivity contribution in [3.63, 3.8) is 0 Å². The van der Waals surface area contributed by atoms with Gasteiger partial charge in [0.2, 0.25) is 0 Å². The second-order valence-electron chi connectivity index (χ2n) is 6.23. The summed E-state index contributed by atoms with van der Waals surface area (Å²) in [6, 6.07) is 0.703. The van der Waals surface area contributed by atoms with Gasteiger partial charge in [-0.15, -0.1) is 0 Å². The zero-order valence-corrected chi connectivity index (χ0v) is 12.0. The Hall–Kier alpha value is -0.200. The average Bonchev–Trinajstić information content (AvgIpc) is 2.90. The topological polar surface area (TPSA) is 51.0 Å². The highest BCUT2D eigenvalue weighted by Gasteiger charge is 2.50. The maximum absolute atomic E-state index is 6.06. The molecule has 3 fully saturated rings. The van der Waals surface area contributed by atoms with Crippen molar-refractivity contribution in [3.8, 4) is 0 Å². The molecule has 0 aromatic heterocycles. The van der Waals surface area contributed by atoms with Gasteiger partial charge >= 0.3 is 0 Å². The summed E-state index contributed by atoms with van der Waals surface area (Å²) in [4.78, 5) is 5.23. The Morgan fingerprint density at radius 2 is 2.00 bits per heavy atom. The molecule has 110 valence electrons. The normalized spacial score (nSPS) is 41.4.